The van der Waals surface area contributed by atoms with Gasteiger partial charge in [-0.2, -0.15) is 0 Å². The molecule has 0 amide bonds. The second kappa shape index (κ2) is 3.69. The van der Waals surface area contributed by atoms with Crippen molar-refractivity contribution in [2.24, 2.45) is 0 Å². The van der Waals surface area contributed by atoms with Gasteiger partial charge in [-0.1, -0.05) is 0 Å². The minimum absolute atomic E-state index is 0.223. The van der Waals surface area contributed by atoms with Gasteiger partial charge in [-0.15, -0.1) is 0 Å². The summed E-state index contributed by atoms with van der Waals surface area (Å²) >= 11 is 0. The summed E-state index contributed by atoms with van der Waals surface area (Å²) in [7, 11) is 0. The third kappa shape index (κ3) is 1.94. The van der Waals surface area contributed by atoms with E-state index in [2.05, 4.69) is 11.0 Å². The lowest BCUT2D eigenvalue weighted by Gasteiger charge is -2.28. The van der Waals surface area contributed by atoms with E-state index in [1.54, 1.807) is 6.07 Å². The first-order chi connectivity index (χ1) is 6.36. The van der Waals surface area contributed by atoms with Crippen LogP contribution in [0.5, 0.6) is 5.75 Å². The van der Waals surface area contributed by atoms with Gasteiger partial charge in [-0.25, -0.2) is 0 Å². The largest absolute Gasteiger partial charge is 0.507 e. The van der Waals surface area contributed by atoms with Crippen LogP contribution in [0.2, 0.25) is 0 Å². The molecule has 0 atom stereocenters. The number of phenolic OH excluding ortho intramolecular Hbond substituents is 1. The number of phenols is 1. The topological polar surface area (TPSA) is 23.5 Å². The molecule has 1 aromatic carbocycles. The quantitative estimate of drug-likeness (QED) is 0.709. The minimum atomic E-state index is 0.223. The number of benzene rings is 1. The highest BCUT2D eigenvalue weighted by Gasteiger charge is 2.09. The van der Waals surface area contributed by atoms with Gasteiger partial charge in [-0.05, 0) is 37.5 Å². The third-order valence-electron chi connectivity index (χ3n) is 2.50. The Kier molecular flexibility index (Phi) is 2.39. The number of hydrogen-bond acceptors (Lipinski definition) is 2. The Morgan fingerprint density at radius 1 is 1.15 bits per heavy atom. The van der Waals surface area contributed by atoms with E-state index in [-0.39, 0.29) is 5.75 Å². The van der Waals surface area contributed by atoms with Gasteiger partial charge in [0.2, 0.25) is 0 Å². The van der Waals surface area contributed by atoms with Crippen LogP contribution in [-0.2, 0) is 0 Å². The lowest BCUT2D eigenvalue weighted by Crippen LogP contribution is -2.29. The van der Waals surface area contributed by atoms with Crippen molar-refractivity contribution in [3.05, 3.63) is 24.3 Å². The van der Waals surface area contributed by atoms with Gasteiger partial charge >= 0.3 is 0 Å². The molecular formula is C11H14NO. The van der Waals surface area contributed by atoms with Crippen molar-refractivity contribution in [1.82, 2.24) is 0 Å². The van der Waals surface area contributed by atoms with Crippen LogP contribution < -0.4 is 4.90 Å². The van der Waals surface area contributed by atoms with Gasteiger partial charge < -0.3 is 10.0 Å². The molecule has 1 aromatic rings. The average molecular weight is 176 g/mol. The van der Waals surface area contributed by atoms with E-state index in [0.717, 1.165) is 13.1 Å². The van der Waals surface area contributed by atoms with E-state index in [1.165, 1.54) is 24.9 Å². The standard InChI is InChI=1S/C11H14NO/c13-11-6-4-10(5-7-11)12-8-2-1-3-9-12/h4-6,13H,1-3,8-9H2. The van der Waals surface area contributed by atoms with Crippen molar-refractivity contribution in [1.29, 1.82) is 0 Å². The summed E-state index contributed by atoms with van der Waals surface area (Å²) in [6.07, 6.45) is 3.90. The molecule has 1 heterocycles. The number of rotatable bonds is 1. The van der Waals surface area contributed by atoms with Gasteiger partial charge in [0.15, 0.2) is 0 Å². The molecule has 2 nitrogen and oxygen atoms in total. The van der Waals surface area contributed by atoms with Crippen molar-refractivity contribution in [3.63, 3.8) is 0 Å². The first-order valence-corrected chi connectivity index (χ1v) is 4.82. The zero-order valence-electron chi connectivity index (χ0n) is 7.66. The Morgan fingerprint density at radius 2 is 1.92 bits per heavy atom. The molecule has 13 heavy (non-hydrogen) atoms. The molecule has 1 radical (unpaired) electrons. The fourth-order valence-corrected chi connectivity index (χ4v) is 1.76. The molecule has 0 unspecified atom stereocenters. The van der Waals surface area contributed by atoms with Crippen LogP contribution in [0.25, 0.3) is 0 Å². The maximum absolute atomic E-state index is 9.08. The van der Waals surface area contributed by atoms with Crippen LogP contribution in [0, 0.1) is 6.07 Å². The van der Waals surface area contributed by atoms with Gasteiger partial charge in [0.25, 0.3) is 0 Å². The molecule has 1 fully saturated rings. The number of aromatic hydroxyl groups is 1. The summed E-state index contributed by atoms with van der Waals surface area (Å²) in [4.78, 5) is 2.35. The molecule has 69 valence electrons. The van der Waals surface area contributed by atoms with Gasteiger partial charge in [0.05, 0.1) is 0 Å². The smallest absolute Gasteiger partial charge is 0.123 e. The second-order valence-electron chi connectivity index (χ2n) is 3.48. The highest BCUT2D eigenvalue weighted by molar-refractivity contribution is 5.48. The summed E-state index contributed by atoms with van der Waals surface area (Å²) in [6.45, 7) is 2.28. The molecule has 2 rings (SSSR count). The number of piperidine rings is 1. The number of hydrogen-bond donors (Lipinski definition) is 1. The summed E-state index contributed by atoms with van der Waals surface area (Å²) in [6, 6.07) is 8.33. The highest BCUT2D eigenvalue weighted by atomic mass is 16.3. The van der Waals surface area contributed by atoms with Crippen molar-refractivity contribution in [2.75, 3.05) is 18.0 Å². The molecule has 2 heteroatoms. The normalized spacial score (nSPS) is 17.4. The number of anilines is 1. The van der Waals surface area contributed by atoms with Gasteiger partial charge in [-0.3, -0.25) is 0 Å². The zero-order valence-corrected chi connectivity index (χ0v) is 7.66. The Balaban J connectivity index is 2.10. The van der Waals surface area contributed by atoms with E-state index < -0.39 is 0 Å². The lowest BCUT2D eigenvalue weighted by atomic mass is 10.1. The van der Waals surface area contributed by atoms with E-state index in [0.29, 0.717) is 0 Å². The first kappa shape index (κ1) is 8.42. The summed E-state index contributed by atoms with van der Waals surface area (Å²) in [5.41, 5.74) is 1.18. The van der Waals surface area contributed by atoms with E-state index in [4.69, 9.17) is 5.11 Å². The first-order valence-electron chi connectivity index (χ1n) is 4.82. The molecule has 1 N–H and O–H groups in total. The molecule has 0 bridgehead atoms. The molecular weight excluding hydrogens is 162 g/mol. The summed E-state index contributed by atoms with van der Waals surface area (Å²) in [5.74, 6) is 0.223. The van der Waals surface area contributed by atoms with E-state index in [1.807, 2.05) is 12.1 Å². The van der Waals surface area contributed by atoms with Gasteiger partial charge in [0, 0.05) is 24.8 Å². The molecule has 1 saturated heterocycles. The lowest BCUT2D eigenvalue weighted by molar-refractivity contribution is 0.474. The monoisotopic (exact) mass is 176 g/mol. The predicted octanol–water partition coefficient (Wildman–Crippen LogP) is 2.18. The summed E-state index contributed by atoms with van der Waals surface area (Å²) in [5, 5.41) is 9.08. The van der Waals surface area contributed by atoms with Crippen molar-refractivity contribution < 1.29 is 5.11 Å². The van der Waals surface area contributed by atoms with Crippen LogP contribution in [0.3, 0.4) is 0 Å². The van der Waals surface area contributed by atoms with Crippen LogP contribution in [0.15, 0.2) is 18.2 Å². The fraction of sp³-hybridized carbons (Fsp3) is 0.455. The highest BCUT2D eigenvalue weighted by Crippen LogP contribution is 2.21. The van der Waals surface area contributed by atoms with E-state index >= 15 is 0 Å². The predicted molar refractivity (Wildman–Crippen MR) is 53.0 cm³/mol. The van der Waals surface area contributed by atoms with Crippen LogP contribution in [0.1, 0.15) is 19.3 Å². The molecule has 0 spiro atoms. The van der Waals surface area contributed by atoms with Gasteiger partial charge in [0.1, 0.15) is 5.75 Å². The third-order valence-corrected chi connectivity index (χ3v) is 2.50. The van der Waals surface area contributed by atoms with Crippen molar-refractivity contribution in [3.8, 4) is 5.75 Å². The SMILES string of the molecule is Oc1[c]cc(N2CCCCC2)cc1. The molecule has 1 aliphatic heterocycles. The van der Waals surface area contributed by atoms with Crippen molar-refractivity contribution >= 4 is 5.69 Å². The van der Waals surface area contributed by atoms with Crippen LogP contribution in [-0.4, -0.2) is 18.2 Å². The summed E-state index contributed by atoms with van der Waals surface area (Å²) < 4.78 is 0. The molecule has 0 aliphatic carbocycles. The van der Waals surface area contributed by atoms with E-state index in [9.17, 15) is 0 Å². The van der Waals surface area contributed by atoms with Crippen LogP contribution >= 0.6 is 0 Å². The number of nitrogens with zero attached hydrogens (tertiary/aromatic N) is 1. The molecule has 0 aromatic heterocycles. The Bertz CT molecular complexity index is 262. The second-order valence-corrected chi connectivity index (χ2v) is 3.48. The Morgan fingerprint density at radius 3 is 2.54 bits per heavy atom. The molecule has 1 aliphatic rings. The van der Waals surface area contributed by atoms with Crippen LogP contribution in [0.4, 0.5) is 5.69 Å². The minimum Gasteiger partial charge on any atom is -0.507 e. The average Bonchev–Trinajstić information content (AvgIpc) is 2.20. The maximum atomic E-state index is 9.08. The van der Waals surface area contributed by atoms with Crippen molar-refractivity contribution in [2.45, 2.75) is 19.3 Å². The Labute approximate surface area is 78.8 Å². The maximum Gasteiger partial charge on any atom is 0.123 e. The zero-order chi connectivity index (χ0) is 9.10. The fourth-order valence-electron chi connectivity index (χ4n) is 1.76. The molecule has 0 saturated carbocycles. The Hall–Kier alpha value is -1.18.